The van der Waals surface area contributed by atoms with Crippen LogP contribution in [-0.4, -0.2) is 74.5 Å². The highest BCUT2D eigenvalue weighted by Gasteiger charge is 2.77. The molecule has 2 bridgehead atoms. The van der Waals surface area contributed by atoms with Crippen LogP contribution in [0.3, 0.4) is 0 Å². The first-order valence-electron chi connectivity index (χ1n) is 15.2. The second-order valence-electron chi connectivity index (χ2n) is 11.8. The normalized spacial score (nSPS) is 28.0. The highest BCUT2D eigenvalue weighted by atomic mass is 32.2. The maximum atomic E-state index is 14.5. The van der Waals surface area contributed by atoms with Gasteiger partial charge in [-0.15, -0.1) is 24.9 Å². The first-order chi connectivity index (χ1) is 19.8. The van der Waals surface area contributed by atoms with E-state index in [1.165, 1.54) is 0 Å². The molecule has 2 amide bonds. The lowest BCUT2D eigenvalue weighted by molar-refractivity contribution is -0.155. The number of ether oxygens (including phenoxy) is 1. The third kappa shape index (κ3) is 6.43. The monoisotopic (exact) mass is 582 g/mol. The van der Waals surface area contributed by atoms with Crippen LogP contribution >= 0.6 is 11.8 Å². The van der Waals surface area contributed by atoms with E-state index >= 15 is 0 Å². The molecular formula is C33H46N2O5S. The van der Waals surface area contributed by atoms with Crippen molar-refractivity contribution in [2.24, 2.45) is 11.8 Å². The number of aliphatic hydroxyl groups excluding tert-OH is 1. The van der Waals surface area contributed by atoms with Crippen molar-refractivity contribution in [3.63, 3.8) is 0 Å². The number of allylic oxidation sites excluding steroid dienone is 1. The minimum atomic E-state index is -0.656. The number of carbonyl (C=O) groups excluding carboxylic acids is 3. The van der Waals surface area contributed by atoms with Gasteiger partial charge in [0.15, 0.2) is 0 Å². The van der Waals surface area contributed by atoms with E-state index in [2.05, 4.69) is 20.1 Å². The number of likely N-dealkylation sites (tertiary alicyclic amines) is 1. The van der Waals surface area contributed by atoms with Crippen LogP contribution in [0.2, 0.25) is 0 Å². The number of carbonyl (C=O) groups is 3. The molecule has 224 valence electrons. The van der Waals surface area contributed by atoms with Gasteiger partial charge in [-0.25, -0.2) is 0 Å². The van der Waals surface area contributed by atoms with Gasteiger partial charge in [0.1, 0.15) is 6.04 Å². The van der Waals surface area contributed by atoms with Crippen LogP contribution in [0.4, 0.5) is 0 Å². The number of nitrogens with zero attached hydrogens (tertiary/aromatic N) is 2. The molecule has 0 radical (unpaired) electrons. The van der Waals surface area contributed by atoms with E-state index in [4.69, 9.17) is 4.74 Å². The summed E-state index contributed by atoms with van der Waals surface area (Å²) >= 11 is 1.69. The van der Waals surface area contributed by atoms with Gasteiger partial charge in [-0.05, 0) is 57.4 Å². The van der Waals surface area contributed by atoms with E-state index in [1.54, 1.807) is 27.6 Å². The van der Waals surface area contributed by atoms with Gasteiger partial charge in [0, 0.05) is 31.0 Å². The Morgan fingerprint density at radius 1 is 1.10 bits per heavy atom. The Morgan fingerprint density at radius 2 is 1.85 bits per heavy atom. The summed E-state index contributed by atoms with van der Waals surface area (Å²) in [5.41, 5.74) is 1.02. The fourth-order valence-corrected chi connectivity index (χ4v) is 9.41. The van der Waals surface area contributed by atoms with Gasteiger partial charge in [-0.2, -0.15) is 0 Å². The summed E-state index contributed by atoms with van der Waals surface area (Å²) in [4.78, 5) is 46.0. The average molecular weight is 583 g/mol. The molecule has 0 aromatic heterocycles. The highest BCUT2D eigenvalue weighted by Crippen LogP contribution is 2.71. The zero-order chi connectivity index (χ0) is 29.5. The Labute approximate surface area is 249 Å². The van der Waals surface area contributed by atoms with Crippen LogP contribution in [0.1, 0.15) is 70.3 Å². The van der Waals surface area contributed by atoms with Gasteiger partial charge in [0.2, 0.25) is 11.8 Å². The molecule has 3 fully saturated rings. The second kappa shape index (κ2) is 14.1. The molecule has 5 atom stereocenters. The quantitative estimate of drug-likeness (QED) is 0.156. The Bertz CT molecular complexity index is 1100. The molecule has 8 heteroatoms. The van der Waals surface area contributed by atoms with E-state index in [1.807, 2.05) is 36.4 Å². The first-order valence-corrected chi connectivity index (χ1v) is 16.0. The number of benzene rings is 1. The van der Waals surface area contributed by atoms with Crippen molar-refractivity contribution < 1.29 is 24.2 Å². The van der Waals surface area contributed by atoms with Crippen molar-refractivity contribution in [2.75, 3.05) is 26.3 Å². The first kappa shape index (κ1) is 31.4. The lowest BCUT2D eigenvalue weighted by Gasteiger charge is -2.37. The minimum Gasteiger partial charge on any atom is -0.465 e. The van der Waals surface area contributed by atoms with E-state index in [9.17, 15) is 19.5 Å². The van der Waals surface area contributed by atoms with E-state index in [0.29, 0.717) is 26.2 Å². The van der Waals surface area contributed by atoms with Crippen LogP contribution in [0, 0.1) is 11.8 Å². The Morgan fingerprint density at radius 3 is 2.56 bits per heavy atom. The van der Waals surface area contributed by atoms with Crippen molar-refractivity contribution in [1.82, 2.24) is 9.80 Å². The average Bonchev–Trinajstić information content (AvgIpc) is 3.53. The van der Waals surface area contributed by atoms with Crippen LogP contribution < -0.4 is 0 Å². The molecule has 41 heavy (non-hydrogen) atoms. The summed E-state index contributed by atoms with van der Waals surface area (Å²) in [6, 6.07) is 9.23. The molecule has 1 spiro atoms. The maximum Gasteiger partial charge on any atom is 0.311 e. The number of hydrogen-bond donors (Lipinski definition) is 1. The smallest absolute Gasteiger partial charge is 0.311 e. The number of thioether (sulfide) groups is 1. The number of rotatable bonds is 17. The lowest BCUT2D eigenvalue weighted by atomic mass is 9.66. The fourth-order valence-electron chi connectivity index (χ4n) is 7.07. The van der Waals surface area contributed by atoms with Crippen molar-refractivity contribution in [2.45, 2.75) is 86.8 Å². The molecule has 3 aliphatic rings. The van der Waals surface area contributed by atoms with Gasteiger partial charge < -0.3 is 19.6 Å². The predicted octanol–water partition coefficient (Wildman–Crippen LogP) is 5.13. The number of unbranched alkanes of at least 4 members (excludes halogenated alkanes) is 5. The molecule has 2 unspecified atom stereocenters. The third-order valence-electron chi connectivity index (χ3n) is 9.00. The molecule has 3 saturated heterocycles. The molecule has 7 nitrogen and oxygen atoms in total. The maximum absolute atomic E-state index is 14.5. The molecule has 3 heterocycles. The lowest BCUT2D eigenvalue weighted by Crippen LogP contribution is -2.54. The largest absolute Gasteiger partial charge is 0.465 e. The molecular weight excluding hydrogens is 536 g/mol. The van der Waals surface area contributed by atoms with Gasteiger partial charge in [-0.1, -0.05) is 55.3 Å². The number of esters is 1. The molecule has 3 aliphatic heterocycles. The van der Waals surface area contributed by atoms with Crippen molar-refractivity contribution in [3.05, 3.63) is 61.2 Å². The van der Waals surface area contributed by atoms with Crippen LogP contribution in [0.5, 0.6) is 0 Å². The van der Waals surface area contributed by atoms with Crippen molar-refractivity contribution in [1.29, 1.82) is 0 Å². The molecule has 1 N–H and O–H groups in total. The predicted molar refractivity (Wildman–Crippen MR) is 163 cm³/mol. The number of hydrogen-bond acceptors (Lipinski definition) is 6. The zero-order valence-corrected chi connectivity index (χ0v) is 25.3. The topological polar surface area (TPSA) is 87.1 Å². The summed E-state index contributed by atoms with van der Waals surface area (Å²) in [6.45, 7) is 11.5. The summed E-state index contributed by atoms with van der Waals surface area (Å²) < 4.78 is 4.68. The highest BCUT2D eigenvalue weighted by molar-refractivity contribution is 8.02. The molecule has 4 rings (SSSR count). The Balaban J connectivity index is 1.62. The van der Waals surface area contributed by atoms with Gasteiger partial charge in [-0.3, -0.25) is 14.4 Å². The zero-order valence-electron chi connectivity index (χ0n) is 24.5. The van der Waals surface area contributed by atoms with E-state index in [-0.39, 0.29) is 24.4 Å². The van der Waals surface area contributed by atoms with Crippen molar-refractivity contribution in [3.8, 4) is 0 Å². The summed E-state index contributed by atoms with van der Waals surface area (Å²) in [7, 11) is 0. The summed E-state index contributed by atoms with van der Waals surface area (Å²) in [5.74, 6) is -1.60. The number of fused-ring (bicyclic) bond motifs is 1. The third-order valence-corrected chi connectivity index (χ3v) is 11.0. The molecule has 0 aliphatic carbocycles. The molecule has 1 aromatic rings. The Kier molecular flexibility index (Phi) is 10.8. The Hall–Kier alpha value is -2.58. The van der Waals surface area contributed by atoms with Gasteiger partial charge >= 0.3 is 5.97 Å². The number of aliphatic hydroxyl groups is 1. The van der Waals surface area contributed by atoms with Crippen LogP contribution in [0.25, 0.3) is 0 Å². The van der Waals surface area contributed by atoms with E-state index in [0.717, 1.165) is 63.4 Å². The standard InChI is InChI=1S/C33H46N2O5S/c1-4-6-7-15-23-40-31(39)27-26-29(37)35(21-13-8-9-14-22-36)28(33(26)19-18-32(27,3)41-33)30(38)34(20-5-2)24-25-16-11-10-12-17-25/h4-5,10-12,16-17,26-28,36H,1-2,6-9,13-15,18-24H2,3H3/t26-,27-,28?,32+,33?/m0/s1. The van der Waals surface area contributed by atoms with Gasteiger partial charge in [0.25, 0.3) is 0 Å². The molecule has 0 saturated carbocycles. The molecule has 1 aromatic carbocycles. The fraction of sp³-hybridized carbons (Fsp3) is 0.606. The van der Waals surface area contributed by atoms with Crippen LogP contribution in [-0.2, 0) is 25.7 Å². The van der Waals surface area contributed by atoms with Gasteiger partial charge in [0.05, 0.1) is 23.2 Å². The number of amides is 2. The van der Waals surface area contributed by atoms with E-state index < -0.39 is 27.4 Å². The SMILES string of the molecule is C=CCCCCOC(=O)[C@@H]1[C@H]2C(=O)N(CCCCCCO)C(C(=O)N(CC=C)Cc3ccccc3)C23CC[C@@]1(C)S3. The second-order valence-corrected chi connectivity index (χ2v) is 13.7. The summed E-state index contributed by atoms with van der Waals surface area (Å²) in [6.07, 6.45) is 10.8. The van der Waals surface area contributed by atoms with Crippen LogP contribution in [0.15, 0.2) is 55.6 Å². The minimum absolute atomic E-state index is 0.0739. The summed E-state index contributed by atoms with van der Waals surface area (Å²) in [5, 5.41) is 9.18. The van der Waals surface area contributed by atoms with Crippen molar-refractivity contribution >= 4 is 29.5 Å².